The molecule has 1 aromatic heterocycles. The fourth-order valence-electron chi connectivity index (χ4n) is 3.18. The molecule has 3 nitrogen and oxygen atoms in total. The first-order valence-electron chi connectivity index (χ1n) is 5.95. The number of fused-ring (bicyclic) bond motifs is 2. The minimum absolute atomic E-state index is 0.196. The van der Waals surface area contributed by atoms with Gasteiger partial charge in [0.05, 0.1) is 5.69 Å². The molecule has 0 aromatic carbocycles. The summed E-state index contributed by atoms with van der Waals surface area (Å²) >= 11 is 1.51. The second-order valence-corrected chi connectivity index (χ2v) is 5.92. The van der Waals surface area contributed by atoms with Gasteiger partial charge in [-0.25, -0.2) is 4.98 Å². The number of hydrogen-bond acceptors (Lipinski definition) is 3. The standard InChI is InChI=1S/C12H16N2OS/c1-7-6-16-12(13-7)14-11(15)10-5-8-2-3-9(10)4-8/h6,8-10H,2-5H2,1H3,(H,13,14,15)/t8-,9+,10-/m1/s1. The van der Waals surface area contributed by atoms with Gasteiger partial charge in [0.25, 0.3) is 0 Å². The zero-order chi connectivity index (χ0) is 11.1. The molecule has 2 aliphatic rings. The van der Waals surface area contributed by atoms with E-state index in [9.17, 15) is 4.79 Å². The Morgan fingerprint density at radius 3 is 2.94 bits per heavy atom. The molecule has 1 heterocycles. The lowest BCUT2D eigenvalue weighted by molar-refractivity contribution is -0.121. The van der Waals surface area contributed by atoms with E-state index >= 15 is 0 Å². The molecule has 0 radical (unpaired) electrons. The molecule has 3 rings (SSSR count). The van der Waals surface area contributed by atoms with E-state index in [1.165, 1.54) is 30.6 Å². The molecule has 2 bridgehead atoms. The molecule has 2 saturated carbocycles. The highest BCUT2D eigenvalue weighted by Gasteiger charge is 2.43. The van der Waals surface area contributed by atoms with E-state index in [2.05, 4.69) is 10.3 Å². The summed E-state index contributed by atoms with van der Waals surface area (Å²) in [7, 11) is 0. The maximum atomic E-state index is 12.1. The topological polar surface area (TPSA) is 42.0 Å². The summed E-state index contributed by atoms with van der Waals surface area (Å²) in [4.78, 5) is 16.3. The van der Waals surface area contributed by atoms with Crippen molar-refractivity contribution in [2.45, 2.75) is 32.6 Å². The third-order valence-electron chi connectivity index (χ3n) is 3.92. The molecule has 4 heteroatoms. The van der Waals surface area contributed by atoms with Crippen LogP contribution in [0.25, 0.3) is 0 Å². The summed E-state index contributed by atoms with van der Waals surface area (Å²) in [5.74, 6) is 1.91. The van der Waals surface area contributed by atoms with Crippen molar-refractivity contribution in [3.05, 3.63) is 11.1 Å². The molecule has 0 saturated heterocycles. The number of nitrogens with zero attached hydrogens (tertiary/aromatic N) is 1. The summed E-state index contributed by atoms with van der Waals surface area (Å²) < 4.78 is 0. The van der Waals surface area contributed by atoms with Crippen LogP contribution in [-0.2, 0) is 4.79 Å². The highest BCUT2D eigenvalue weighted by Crippen LogP contribution is 2.48. The third-order valence-corrected chi connectivity index (χ3v) is 4.80. The lowest BCUT2D eigenvalue weighted by atomic mass is 9.88. The second-order valence-electron chi connectivity index (χ2n) is 5.06. The normalized spacial score (nSPS) is 31.9. The van der Waals surface area contributed by atoms with Gasteiger partial charge in [0.1, 0.15) is 0 Å². The largest absolute Gasteiger partial charge is 0.302 e. The number of rotatable bonds is 2. The lowest BCUT2D eigenvalue weighted by Crippen LogP contribution is -2.27. The number of thiazole rings is 1. The van der Waals surface area contributed by atoms with Crippen molar-refractivity contribution >= 4 is 22.4 Å². The number of hydrogen-bond donors (Lipinski definition) is 1. The van der Waals surface area contributed by atoms with E-state index < -0.39 is 0 Å². The summed E-state index contributed by atoms with van der Waals surface area (Å²) in [5.41, 5.74) is 0.980. The molecular weight excluding hydrogens is 220 g/mol. The second kappa shape index (κ2) is 3.84. The molecule has 2 fully saturated rings. The van der Waals surface area contributed by atoms with E-state index in [4.69, 9.17) is 0 Å². The number of carbonyl (C=O) groups is 1. The number of aromatic nitrogens is 1. The van der Waals surface area contributed by atoms with Gasteiger partial charge in [-0.3, -0.25) is 4.79 Å². The summed E-state index contributed by atoms with van der Waals surface area (Å²) in [6.07, 6.45) is 4.96. The predicted octanol–water partition coefficient (Wildman–Crippen LogP) is 2.83. The lowest BCUT2D eigenvalue weighted by Gasteiger charge is -2.19. The van der Waals surface area contributed by atoms with Crippen molar-refractivity contribution in [2.75, 3.05) is 5.32 Å². The monoisotopic (exact) mass is 236 g/mol. The van der Waals surface area contributed by atoms with Crippen LogP contribution in [0, 0.1) is 24.7 Å². The molecule has 3 atom stereocenters. The minimum Gasteiger partial charge on any atom is -0.302 e. The Morgan fingerprint density at radius 2 is 2.38 bits per heavy atom. The van der Waals surface area contributed by atoms with Crippen molar-refractivity contribution in [1.82, 2.24) is 4.98 Å². The first kappa shape index (κ1) is 10.3. The summed E-state index contributed by atoms with van der Waals surface area (Å²) in [6.45, 7) is 1.95. The Bertz CT molecular complexity index is 415. The van der Waals surface area contributed by atoms with E-state index in [1.807, 2.05) is 12.3 Å². The first-order chi connectivity index (χ1) is 7.72. The number of carbonyl (C=O) groups excluding carboxylic acids is 1. The van der Waals surface area contributed by atoms with Crippen molar-refractivity contribution in [1.29, 1.82) is 0 Å². The van der Waals surface area contributed by atoms with Gasteiger partial charge in [0.15, 0.2) is 5.13 Å². The number of amides is 1. The van der Waals surface area contributed by atoms with Gasteiger partial charge in [-0.15, -0.1) is 11.3 Å². The van der Waals surface area contributed by atoms with Gasteiger partial charge in [-0.2, -0.15) is 0 Å². The average Bonchev–Trinajstić information content (AvgIpc) is 2.93. The van der Waals surface area contributed by atoms with Crippen LogP contribution in [0.5, 0.6) is 0 Å². The third kappa shape index (κ3) is 1.75. The first-order valence-corrected chi connectivity index (χ1v) is 6.83. The molecular formula is C12H16N2OS. The van der Waals surface area contributed by atoms with Crippen molar-refractivity contribution < 1.29 is 4.79 Å². The molecule has 1 N–H and O–H groups in total. The van der Waals surface area contributed by atoms with Crippen LogP contribution >= 0.6 is 11.3 Å². The van der Waals surface area contributed by atoms with E-state index in [0.29, 0.717) is 5.92 Å². The van der Waals surface area contributed by atoms with Gasteiger partial charge in [-0.1, -0.05) is 6.42 Å². The van der Waals surface area contributed by atoms with Crippen LogP contribution in [0.3, 0.4) is 0 Å². The van der Waals surface area contributed by atoms with Crippen LogP contribution in [0.1, 0.15) is 31.4 Å². The highest BCUT2D eigenvalue weighted by atomic mass is 32.1. The van der Waals surface area contributed by atoms with Crippen LogP contribution in [0.2, 0.25) is 0 Å². The molecule has 0 unspecified atom stereocenters. The maximum Gasteiger partial charge on any atom is 0.229 e. The Hall–Kier alpha value is -0.900. The smallest absolute Gasteiger partial charge is 0.229 e. The van der Waals surface area contributed by atoms with Crippen LogP contribution in [0.15, 0.2) is 5.38 Å². The maximum absolute atomic E-state index is 12.1. The van der Waals surface area contributed by atoms with Crippen molar-refractivity contribution in [2.24, 2.45) is 17.8 Å². The van der Waals surface area contributed by atoms with E-state index in [1.54, 1.807) is 0 Å². The zero-order valence-corrected chi connectivity index (χ0v) is 10.2. The summed E-state index contributed by atoms with van der Waals surface area (Å²) in [5, 5.41) is 5.68. The number of aryl methyl sites for hydroxylation is 1. The predicted molar refractivity (Wildman–Crippen MR) is 64.4 cm³/mol. The Morgan fingerprint density at radius 1 is 1.50 bits per heavy atom. The SMILES string of the molecule is Cc1csc(NC(=O)[C@@H]2C[C@@H]3CC[C@H]2C3)n1. The highest BCUT2D eigenvalue weighted by molar-refractivity contribution is 7.13. The van der Waals surface area contributed by atoms with Gasteiger partial charge in [0.2, 0.25) is 5.91 Å². The Kier molecular flexibility index (Phi) is 2.46. The van der Waals surface area contributed by atoms with Crippen molar-refractivity contribution in [3.8, 4) is 0 Å². The van der Waals surface area contributed by atoms with Crippen LogP contribution in [-0.4, -0.2) is 10.9 Å². The molecule has 1 aromatic rings. The van der Waals surface area contributed by atoms with Gasteiger partial charge in [-0.05, 0) is 38.0 Å². The van der Waals surface area contributed by atoms with Gasteiger partial charge >= 0.3 is 0 Å². The van der Waals surface area contributed by atoms with Crippen molar-refractivity contribution in [3.63, 3.8) is 0 Å². The zero-order valence-electron chi connectivity index (χ0n) is 9.40. The van der Waals surface area contributed by atoms with Crippen LogP contribution < -0.4 is 5.32 Å². The van der Waals surface area contributed by atoms with Crippen LogP contribution in [0.4, 0.5) is 5.13 Å². The minimum atomic E-state index is 0.196. The molecule has 0 spiro atoms. The molecule has 86 valence electrons. The Labute approximate surface area is 99.3 Å². The van der Waals surface area contributed by atoms with E-state index in [0.717, 1.165) is 23.2 Å². The number of anilines is 1. The average molecular weight is 236 g/mol. The quantitative estimate of drug-likeness (QED) is 0.858. The number of nitrogens with one attached hydrogen (secondary N) is 1. The molecule has 0 aliphatic heterocycles. The molecule has 2 aliphatic carbocycles. The fourth-order valence-corrected chi connectivity index (χ4v) is 3.87. The Balaban J connectivity index is 1.65. The van der Waals surface area contributed by atoms with E-state index in [-0.39, 0.29) is 11.8 Å². The molecule has 1 amide bonds. The fraction of sp³-hybridized carbons (Fsp3) is 0.667. The van der Waals surface area contributed by atoms with Gasteiger partial charge < -0.3 is 5.32 Å². The van der Waals surface area contributed by atoms with Gasteiger partial charge in [0, 0.05) is 11.3 Å². The molecule has 16 heavy (non-hydrogen) atoms. The summed E-state index contributed by atoms with van der Waals surface area (Å²) in [6, 6.07) is 0.